The smallest absolute Gasteiger partial charge is 0.230 e. The number of carbonyl (C=O) groups is 2. The first-order valence-corrected chi connectivity index (χ1v) is 8.80. The van der Waals surface area contributed by atoms with E-state index in [4.69, 9.17) is 0 Å². The lowest BCUT2D eigenvalue weighted by molar-refractivity contribution is -0.135. The molecule has 24 heavy (non-hydrogen) atoms. The number of rotatable bonds is 4. The summed E-state index contributed by atoms with van der Waals surface area (Å²) in [7, 11) is 0. The van der Waals surface area contributed by atoms with Gasteiger partial charge in [0.1, 0.15) is 5.82 Å². The molecule has 0 saturated carbocycles. The zero-order valence-electron chi connectivity index (χ0n) is 14.2. The number of amides is 2. The minimum absolute atomic E-state index is 0.0374. The molecule has 5 heteroatoms. The Bertz CT molecular complexity index is 624. The van der Waals surface area contributed by atoms with E-state index in [1.807, 2.05) is 24.0 Å². The summed E-state index contributed by atoms with van der Waals surface area (Å²) in [5.41, 5.74) is 1.06. The fourth-order valence-electron chi connectivity index (χ4n) is 3.41. The van der Waals surface area contributed by atoms with Crippen molar-refractivity contribution in [2.45, 2.75) is 39.0 Å². The van der Waals surface area contributed by atoms with Crippen molar-refractivity contribution < 1.29 is 9.59 Å². The van der Waals surface area contributed by atoms with Crippen LogP contribution in [0.1, 0.15) is 37.7 Å². The summed E-state index contributed by atoms with van der Waals surface area (Å²) < 4.78 is 0. The summed E-state index contributed by atoms with van der Waals surface area (Å²) in [4.78, 5) is 31.0. The first kappa shape index (κ1) is 16.7. The molecule has 0 bridgehead atoms. The van der Waals surface area contributed by atoms with Gasteiger partial charge in [-0.15, -0.1) is 0 Å². The van der Waals surface area contributed by atoms with Gasteiger partial charge in [0, 0.05) is 25.7 Å². The molecule has 1 aromatic heterocycles. The molecule has 1 saturated heterocycles. The fourth-order valence-corrected chi connectivity index (χ4v) is 3.41. The standard InChI is InChI=1S/C19H25N3O2/c1-14-8-9-17(20-12-14)21-19(24)16-7-4-10-22(13-16)18(23)11-15-5-2-3-6-15/h2,5,8-9,12,15-16H,3-4,6-7,10-11,13H2,1H3,(H,20,21,24). The molecule has 5 nitrogen and oxygen atoms in total. The van der Waals surface area contributed by atoms with E-state index in [1.165, 1.54) is 0 Å². The highest BCUT2D eigenvalue weighted by Gasteiger charge is 2.29. The Hall–Kier alpha value is -2.17. The number of anilines is 1. The molecule has 1 aliphatic carbocycles. The van der Waals surface area contributed by atoms with Gasteiger partial charge in [-0.05, 0) is 50.2 Å². The van der Waals surface area contributed by atoms with Crippen LogP contribution in [0.5, 0.6) is 0 Å². The number of likely N-dealkylation sites (tertiary alicyclic amines) is 1. The van der Waals surface area contributed by atoms with Crippen LogP contribution in [-0.4, -0.2) is 34.8 Å². The average molecular weight is 327 g/mol. The van der Waals surface area contributed by atoms with E-state index in [2.05, 4.69) is 22.5 Å². The maximum Gasteiger partial charge on any atom is 0.230 e. The van der Waals surface area contributed by atoms with E-state index in [9.17, 15) is 9.59 Å². The summed E-state index contributed by atoms with van der Waals surface area (Å²) in [6.45, 7) is 3.25. The number of piperidine rings is 1. The highest BCUT2D eigenvalue weighted by molar-refractivity contribution is 5.92. The molecule has 128 valence electrons. The van der Waals surface area contributed by atoms with Gasteiger partial charge in [-0.25, -0.2) is 4.98 Å². The quantitative estimate of drug-likeness (QED) is 0.865. The van der Waals surface area contributed by atoms with Crippen LogP contribution in [0.25, 0.3) is 0 Å². The molecule has 0 radical (unpaired) electrons. The van der Waals surface area contributed by atoms with Crippen molar-refractivity contribution in [2.24, 2.45) is 11.8 Å². The number of aryl methyl sites for hydroxylation is 1. The molecule has 1 fully saturated rings. The molecule has 2 unspecified atom stereocenters. The van der Waals surface area contributed by atoms with Gasteiger partial charge in [0.2, 0.25) is 11.8 Å². The Kier molecular flexibility index (Phi) is 5.28. The van der Waals surface area contributed by atoms with E-state index in [-0.39, 0.29) is 17.7 Å². The van der Waals surface area contributed by atoms with Gasteiger partial charge < -0.3 is 10.2 Å². The Morgan fingerprint density at radius 3 is 2.92 bits per heavy atom. The number of pyridine rings is 1. The van der Waals surface area contributed by atoms with Crippen LogP contribution < -0.4 is 5.32 Å². The molecule has 1 N–H and O–H groups in total. The molecular weight excluding hydrogens is 302 g/mol. The number of carbonyl (C=O) groups excluding carboxylic acids is 2. The lowest BCUT2D eigenvalue weighted by Gasteiger charge is -2.32. The molecule has 0 aromatic carbocycles. The molecule has 2 heterocycles. The monoisotopic (exact) mass is 327 g/mol. The van der Waals surface area contributed by atoms with Crippen LogP contribution in [0.15, 0.2) is 30.5 Å². The highest BCUT2D eigenvalue weighted by Crippen LogP contribution is 2.24. The maximum absolute atomic E-state index is 12.5. The summed E-state index contributed by atoms with van der Waals surface area (Å²) in [5, 5.41) is 2.87. The second-order valence-electron chi connectivity index (χ2n) is 6.86. The van der Waals surface area contributed by atoms with Crippen molar-refractivity contribution in [3.8, 4) is 0 Å². The fraction of sp³-hybridized carbons (Fsp3) is 0.526. The third kappa shape index (κ3) is 4.22. The molecule has 2 amide bonds. The Morgan fingerprint density at radius 2 is 2.21 bits per heavy atom. The highest BCUT2D eigenvalue weighted by atomic mass is 16.2. The summed E-state index contributed by atoms with van der Waals surface area (Å²) in [6, 6.07) is 3.74. The summed E-state index contributed by atoms with van der Waals surface area (Å²) in [5.74, 6) is 0.945. The van der Waals surface area contributed by atoms with Gasteiger partial charge in [-0.3, -0.25) is 9.59 Å². The van der Waals surface area contributed by atoms with Crippen molar-refractivity contribution in [2.75, 3.05) is 18.4 Å². The van der Waals surface area contributed by atoms with Crippen molar-refractivity contribution in [3.63, 3.8) is 0 Å². The van der Waals surface area contributed by atoms with Crippen molar-refractivity contribution >= 4 is 17.6 Å². The lowest BCUT2D eigenvalue weighted by Crippen LogP contribution is -2.44. The van der Waals surface area contributed by atoms with E-state index in [0.717, 1.165) is 37.8 Å². The van der Waals surface area contributed by atoms with Gasteiger partial charge in [0.05, 0.1) is 5.92 Å². The Labute approximate surface area is 143 Å². The molecule has 1 aliphatic heterocycles. The van der Waals surface area contributed by atoms with Crippen LogP contribution in [0.3, 0.4) is 0 Å². The van der Waals surface area contributed by atoms with Crippen molar-refractivity contribution in [1.29, 1.82) is 0 Å². The Balaban J connectivity index is 1.54. The first-order chi connectivity index (χ1) is 11.6. The zero-order valence-corrected chi connectivity index (χ0v) is 14.2. The predicted molar refractivity (Wildman–Crippen MR) is 93.4 cm³/mol. The SMILES string of the molecule is Cc1ccc(NC(=O)C2CCCN(C(=O)CC3C=CCC3)C2)nc1. The number of hydrogen-bond donors (Lipinski definition) is 1. The van der Waals surface area contributed by atoms with Crippen LogP contribution in [-0.2, 0) is 9.59 Å². The van der Waals surface area contributed by atoms with Crippen LogP contribution in [0, 0.1) is 18.8 Å². The second-order valence-corrected chi connectivity index (χ2v) is 6.86. The minimum Gasteiger partial charge on any atom is -0.342 e. The van der Waals surface area contributed by atoms with Crippen LogP contribution in [0.4, 0.5) is 5.82 Å². The van der Waals surface area contributed by atoms with Crippen LogP contribution >= 0.6 is 0 Å². The zero-order chi connectivity index (χ0) is 16.9. The number of aromatic nitrogens is 1. The van der Waals surface area contributed by atoms with E-state index < -0.39 is 0 Å². The van der Waals surface area contributed by atoms with Gasteiger partial charge in [-0.2, -0.15) is 0 Å². The van der Waals surface area contributed by atoms with Gasteiger partial charge in [-0.1, -0.05) is 18.2 Å². The molecule has 2 atom stereocenters. The summed E-state index contributed by atoms with van der Waals surface area (Å²) >= 11 is 0. The normalized spacial score (nSPS) is 23.3. The summed E-state index contributed by atoms with van der Waals surface area (Å²) in [6.07, 6.45) is 10.5. The predicted octanol–water partition coefficient (Wildman–Crippen LogP) is 2.92. The molecule has 0 spiro atoms. The Morgan fingerprint density at radius 1 is 1.33 bits per heavy atom. The third-order valence-electron chi connectivity index (χ3n) is 4.86. The first-order valence-electron chi connectivity index (χ1n) is 8.80. The second kappa shape index (κ2) is 7.60. The largest absolute Gasteiger partial charge is 0.342 e. The van der Waals surface area contributed by atoms with Gasteiger partial charge in [0.15, 0.2) is 0 Å². The number of nitrogens with zero attached hydrogens (tertiary/aromatic N) is 2. The molecule has 3 rings (SSSR count). The van der Waals surface area contributed by atoms with Gasteiger partial charge in [0.25, 0.3) is 0 Å². The van der Waals surface area contributed by atoms with Gasteiger partial charge >= 0.3 is 0 Å². The molecule has 2 aliphatic rings. The topological polar surface area (TPSA) is 62.3 Å². The number of nitrogens with one attached hydrogen (secondary N) is 1. The molecule has 1 aromatic rings. The lowest BCUT2D eigenvalue weighted by atomic mass is 9.95. The van der Waals surface area contributed by atoms with E-state index in [1.54, 1.807) is 6.20 Å². The molecular formula is C19H25N3O2. The van der Waals surface area contributed by atoms with Crippen LogP contribution in [0.2, 0.25) is 0 Å². The van der Waals surface area contributed by atoms with E-state index >= 15 is 0 Å². The number of allylic oxidation sites excluding steroid dienone is 2. The van der Waals surface area contributed by atoms with Crippen molar-refractivity contribution in [3.05, 3.63) is 36.0 Å². The van der Waals surface area contributed by atoms with Crippen molar-refractivity contribution in [1.82, 2.24) is 9.88 Å². The number of hydrogen-bond acceptors (Lipinski definition) is 3. The third-order valence-corrected chi connectivity index (χ3v) is 4.86. The average Bonchev–Trinajstić information content (AvgIpc) is 3.10. The maximum atomic E-state index is 12.5. The minimum atomic E-state index is -0.148. The van der Waals surface area contributed by atoms with E-state index in [0.29, 0.717) is 24.7 Å².